The largest absolute Gasteiger partial charge is 0.494 e. The van der Waals surface area contributed by atoms with Gasteiger partial charge in [0.25, 0.3) is 0 Å². The van der Waals surface area contributed by atoms with E-state index in [-0.39, 0.29) is 41.6 Å². The SMILES string of the molecule is CCN1C(=O)C2CCNN2C2CCC(C(=O)Nc3ccc(OC)c(F)c3)CC21. The maximum absolute atomic E-state index is 13.9. The van der Waals surface area contributed by atoms with E-state index in [2.05, 4.69) is 15.8 Å². The van der Waals surface area contributed by atoms with Gasteiger partial charge in [0.05, 0.1) is 7.11 Å². The van der Waals surface area contributed by atoms with Gasteiger partial charge in [0, 0.05) is 42.8 Å². The Morgan fingerprint density at radius 1 is 1.32 bits per heavy atom. The third kappa shape index (κ3) is 3.24. The second-order valence-corrected chi connectivity index (χ2v) is 7.73. The molecule has 2 saturated heterocycles. The fourth-order valence-electron chi connectivity index (χ4n) is 4.93. The van der Waals surface area contributed by atoms with E-state index in [4.69, 9.17) is 4.74 Å². The lowest BCUT2D eigenvalue weighted by Gasteiger charge is -2.51. The number of hydrazine groups is 1. The number of nitrogens with zero attached hydrogens (tertiary/aromatic N) is 2. The van der Waals surface area contributed by atoms with E-state index in [0.29, 0.717) is 18.7 Å². The number of likely N-dealkylation sites (N-methyl/N-ethyl adjacent to an activating group) is 1. The number of nitrogens with one attached hydrogen (secondary N) is 2. The van der Waals surface area contributed by atoms with Gasteiger partial charge in [0.2, 0.25) is 11.8 Å². The zero-order valence-corrected chi connectivity index (χ0v) is 16.3. The summed E-state index contributed by atoms with van der Waals surface area (Å²) in [7, 11) is 1.40. The van der Waals surface area contributed by atoms with Crippen molar-refractivity contribution in [1.82, 2.24) is 15.3 Å². The normalized spacial score (nSPS) is 30.0. The van der Waals surface area contributed by atoms with Crippen LogP contribution < -0.4 is 15.5 Å². The molecule has 3 aliphatic rings. The first-order chi connectivity index (χ1) is 13.5. The molecular formula is C20H27FN4O3. The molecule has 7 nitrogen and oxygen atoms in total. The first-order valence-corrected chi connectivity index (χ1v) is 10.00. The smallest absolute Gasteiger partial charge is 0.241 e. The zero-order chi connectivity index (χ0) is 19.8. The summed E-state index contributed by atoms with van der Waals surface area (Å²) in [6.45, 7) is 3.48. The van der Waals surface area contributed by atoms with Crippen LogP contribution in [0.15, 0.2) is 18.2 Å². The van der Waals surface area contributed by atoms with Crippen LogP contribution in [0.1, 0.15) is 32.6 Å². The highest BCUT2D eigenvalue weighted by Gasteiger charge is 2.51. The van der Waals surface area contributed by atoms with Crippen molar-refractivity contribution in [3.8, 4) is 5.75 Å². The van der Waals surface area contributed by atoms with Crippen molar-refractivity contribution < 1.29 is 18.7 Å². The molecule has 1 aromatic rings. The van der Waals surface area contributed by atoms with Crippen LogP contribution in [-0.4, -0.2) is 60.0 Å². The summed E-state index contributed by atoms with van der Waals surface area (Å²) in [4.78, 5) is 27.6. The molecule has 152 valence electrons. The number of fused-ring (bicyclic) bond motifs is 3. The Balaban J connectivity index is 1.47. The van der Waals surface area contributed by atoms with Gasteiger partial charge in [-0.3, -0.25) is 15.0 Å². The van der Waals surface area contributed by atoms with Gasteiger partial charge in [-0.05, 0) is 44.7 Å². The lowest BCUT2D eigenvalue weighted by atomic mass is 9.78. The maximum Gasteiger partial charge on any atom is 0.241 e. The number of hydrogen-bond acceptors (Lipinski definition) is 5. The second-order valence-electron chi connectivity index (χ2n) is 7.73. The number of piperazine rings is 1. The number of hydrogen-bond donors (Lipinski definition) is 2. The molecule has 1 aliphatic carbocycles. The van der Waals surface area contributed by atoms with Gasteiger partial charge >= 0.3 is 0 Å². The van der Waals surface area contributed by atoms with Gasteiger partial charge in [-0.15, -0.1) is 0 Å². The molecule has 2 heterocycles. The molecule has 2 aliphatic heterocycles. The number of halogens is 1. The lowest BCUT2D eigenvalue weighted by molar-refractivity contribution is -0.155. The number of carbonyl (C=O) groups is 2. The molecule has 3 fully saturated rings. The summed E-state index contributed by atoms with van der Waals surface area (Å²) >= 11 is 0. The monoisotopic (exact) mass is 390 g/mol. The molecule has 4 atom stereocenters. The number of ether oxygens (including phenoxy) is 1. The molecule has 0 spiro atoms. The highest BCUT2D eigenvalue weighted by molar-refractivity contribution is 5.93. The summed E-state index contributed by atoms with van der Waals surface area (Å²) in [5.74, 6) is -0.529. The van der Waals surface area contributed by atoms with Crippen molar-refractivity contribution in [3.05, 3.63) is 24.0 Å². The fraction of sp³-hybridized carbons (Fsp3) is 0.600. The Kier molecular flexibility index (Phi) is 5.25. The quantitative estimate of drug-likeness (QED) is 0.820. The first kappa shape index (κ1) is 19.1. The molecule has 1 saturated carbocycles. The Bertz CT molecular complexity index is 774. The molecule has 4 rings (SSSR count). The van der Waals surface area contributed by atoms with E-state index in [1.54, 1.807) is 6.07 Å². The third-order valence-electron chi connectivity index (χ3n) is 6.29. The molecule has 2 N–H and O–H groups in total. The van der Waals surface area contributed by atoms with E-state index in [1.807, 2.05) is 11.8 Å². The van der Waals surface area contributed by atoms with Crippen molar-refractivity contribution in [3.63, 3.8) is 0 Å². The average Bonchev–Trinajstić information content (AvgIpc) is 3.18. The van der Waals surface area contributed by atoms with Crippen LogP contribution in [0.5, 0.6) is 5.75 Å². The van der Waals surface area contributed by atoms with Crippen LogP contribution >= 0.6 is 0 Å². The van der Waals surface area contributed by atoms with Gasteiger partial charge in [-0.25, -0.2) is 9.40 Å². The first-order valence-electron chi connectivity index (χ1n) is 10.00. The maximum atomic E-state index is 13.9. The lowest BCUT2D eigenvalue weighted by Crippen LogP contribution is -2.68. The fourth-order valence-corrected chi connectivity index (χ4v) is 4.93. The van der Waals surface area contributed by atoms with E-state index < -0.39 is 5.82 Å². The van der Waals surface area contributed by atoms with Crippen LogP contribution in [0, 0.1) is 11.7 Å². The Morgan fingerprint density at radius 3 is 2.86 bits per heavy atom. The molecule has 0 radical (unpaired) electrons. The highest BCUT2D eigenvalue weighted by Crippen LogP contribution is 2.37. The summed E-state index contributed by atoms with van der Waals surface area (Å²) in [5.41, 5.74) is 3.78. The molecule has 0 aromatic heterocycles. The van der Waals surface area contributed by atoms with E-state index in [1.165, 1.54) is 19.2 Å². The van der Waals surface area contributed by atoms with Crippen LogP contribution in [-0.2, 0) is 9.59 Å². The van der Waals surface area contributed by atoms with E-state index in [0.717, 1.165) is 25.8 Å². The minimum absolute atomic E-state index is 0.0245. The molecule has 0 bridgehead atoms. The molecular weight excluding hydrogens is 363 g/mol. The van der Waals surface area contributed by atoms with Crippen molar-refractivity contribution >= 4 is 17.5 Å². The Labute approximate surface area is 164 Å². The second kappa shape index (κ2) is 7.67. The van der Waals surface area contributed by atoms with Gasteiger partial charge in [-0.1, -0.05) is 0 Å². The summed E-state index contributed by atoms with van der Waals surface area (Å²) < 4.78 is 18.8. The van der Waals surface area contributed by atoms with Crippen LogP contribution in [0.4, 0.5) is 10.1 Å². The van der Waals surface area contributed by atoms with Gasteiger partial charge in [0.1, 0.15) is 6.04 Å². The van der Waals surface area contributed by atoms with E-state index in [9.17, 15) is 14.0 Å². The highest BCUT2D eigenvalue weighted by atomic mass is 19.1. The number of carbonyl (C=O) groups excluding carboxylic acids is 2. The zero-order valence-electron chi connectivity index (χ0n) is 16.3. The molecule has 4 unspecified atom stereocenters. The van der Waals surface area contributed by atoms with E-state index >= 15 is 0 Å². The van der Waals surface area contributed by atoms with Gasteiger partial charge in [0.15, 0.2) is 11.6 Å². The third-order valence-corrected chi connectivity index (χ3v) is 6.29. The van der Waals surface area contributed by atoms with Gasteiger partial charge in [-0.2, -0.15) is 0 Å². The van der Waals surface area contributed by atoms with Crippen molar-refractivity contribution in [2.24, 2.45) is 5.92 Å². The number of methoxy groups -OCH3 is 1. The van der Waals surface area contributed by atoms with Crippen LogP contribution in [0.2, 0.25) is 0 Å². The molecule has 8 heteroatoms. The molecule has 2 amide bonds. The van der Waals surface area contributed by atoms with Crippen molar-refractivity contribution in [2.45, 2.75) is 50.7 Å². The number of benzene rings is 1. The average molecular weight is 390 g/mol. The number of amides is 2. The standard InChI is InChI=1S/C20H27FN4O3/c1-3-24-17-10-12(4-6-15(17)25-16(20(24)27)8-9-22-25)19(26)23-13-5-7-18(28-2)14(21)11-13/h5,7,11-12,15-17,22H,3-4,6,8-10H2,1-2H3,(H,23,26). The van der Waals surface area contributed by atoms with Crippen molar-refractivity contribution in [1.29, 1.82) is 0 Å². The predicted molar refractivity (Wildman–Crippen MR) is 102 cm³/mol. The minimum Gasteiger partial charge on any atom is -0.494 e. The minimum atomic E-state index is -0.509. The molecule has 1 aromatic carbocycles. The summed E-state index contributed by atoms with van der Waals surface area (Å²) in [5, 5.41) is 4.95. The topological polar surface area (TPSA) is 73.9 Å². The van der Waals surface area contributed by atoms with Crippen LogP contribution in [0.3, 0.4) is 0 Å². The summed E-state index contributed by atoms with van der Waals surface area (Å²) in [6.07, 6.45) is 3.07. The number of rotatable bonds is 4. The van der Waals surface area contributed by atoms with Crippen molar-refractivity contribution in [2.75, 3.05) is 25.5 Å². The Hall–Kier alpha value is -2.19. The van der Waals surface area contributed by atoms with Gasteiger partial charge < -0.3 is 15.0 Å². The predicted octanol–water partition coefficient (Wildman–Crippen LogP) is 1.75. The Morgan fingerprint density at radius 2 is 2.14 bits per heavy atom. The summed E-state index contributed by atoms with van der Waals surface area (Å²) in [6, 6.07) is 4.59. The van der Waals surface area contributed by atoms with Crippen LogP contribution in [0.25, 0.3) is 0 Å². The molecule has 28 heavy (non-hydrogen) atoms. The number of anilines is 1.